The maximum atomic E-state index is 5.40. The third-order valence-electron chi connectivity index (χ3n) is 0.864. The van der Waals surface area contributed by atoms with Gasteiger partial charge in [0, 0.05) is 0 Å². The van der Waals surface area contributed by atoms with Gasteiger partial charge in [-0.2, -0.15) is 0 Å². The van der Waals surface area contributed by atoms with Gasteiger partial charge in [0.05, 0.1) is 0 Å². The van der Waals surface area contributed by atoms with Crippen LogP contribution in [0, 0.1) is 6.92 Å². The number of hydrogen-bond donors (Lipinski definition) is 1. The summed E-state index contributed by atoms with van der Waals surface area (Å²) < 4.78 is 5.25. The molecule has 0 aliphatic rings. The van der Waals surface area contributed by atoms with Crippen molar-refractivity contribution in [3.63, 3.8) is 0 Å². The van der Waals surface area contributed by atoms with Crippen molar-refractivity contribution in [2.24, 2.45) is 0 Å². The van der Waals surface area contributed by atoms with Crippen LogP contribution in [0.1, 0.15) is 5.76 Å². The molecule has 0 aliphatic heterocycles. The highest BCUT2D eigenvalue weighted by Gasteiger charge is 2.02. The van der Waals surface area contributed by atoms with Gasteiger partial charge in [0.15, 0.2) is 10.4 Å². The first-order valence-electron chi connectivity index (χ1n) is 2.09. The number of hydrogen-bond acceptors (Lipinski definition) is 3. The molecule has 0 radical (unpaired) electrons. The summed E-state index contributed by atoms with van der Waals surface area (Å²) in [5.74, 6) is 0.650. The van der Waals surface area contributed by atoms with E-state index in [0.29, 0.717) is 16.1 Å². The summed E-state index contributed by atoms with van der Waals surface area (Å²) in [7, 11) is 0. The van der Waals surface area contributed by atoms with E-state index in [1.54, 1.807) is 6.92 Å². The van der Waals surface area contributed by atoms with E-state index in [0.717, 1.165) is 0 Å². The Kier molecular flexibility index (Phi) is 1.25. The van der Waals surface area contributed by atoms with E-state index in [1.165, 1.54) is 0 Å². The van der Waals surface area contributed by atoms with E-state index in [1.807, 2.05) is 0 Å². The van der Waals surface area contributed by atoms with Gasteiger partial charge in [0.2, 0.25) is 0 Å². The van der Waals surface area contributed by atoms with Crippen molar-refractivity contribution in [2.75, 3.05) is 5.73 Å². The molecule has 0 atom stereocenters. The normalized spacial score (nSPS) is 9.75. The maximum Gasteiger partial charge on any atom is 0.172 e. The number of nitrogens with zero attached hydrogens (tertiary/aromatic N) is 1. The lowest BCUT2D eigenvalue weighted by Gasteiger charge is -1.80. The highest BCUT2D eigenvalue weighted by molar-refractivity contribution is 9.10. The Bertz CT molecular complexity index is 176. The number of rotatable bonds is 0. The number of nitrogen functional groups attached to an aromatic ring is 1. The zero-order valence-corrected chi connectivity index (χ0v) is 5.90. The number of nitrogens with two attached hydrogens (primary N) is 1. The summed E-state index contributed by atoms with van der Waals surface area (Å²) in [5, 5.41) is 3.53. The van der Waals surface area contributed by atoms with Crippen LogP contribution in [0.5, 0.6) is 0 Å². The molecular weight excluding hydrogens is 172 g/mol. The monoisotopic (exact) mass is 176 g/mol. The van der Waals surface area contributed by atoms with Crippen molar-refractivity contribution >= 4 is 21.6 Å². The van der Waals surface area contributed by atoms with E-state index in [2.05, 4.69) is 25.6 Å². The first kappa shape index (κ1) is 5.62. The highest BCUT2D eigenvalue weighted by atomic mass is 79.9. The minimum Gasteiger partial charge on any atom is -0.394 e. The minimum atomic E-state index is 0.574. The molecule has 0 spiro atoms. The molecule has 0 saturated carbocycles. The second-order valence-corrected chi connectivity index (χ2v) is 2.19. The molecule has 1 aromatic rings. The molecule has 0 fully saturated rings. The van der Waals surface area contributed by atoms with Gasteiger partial charge in [-0.3, -0.25) is 0 Å². The van der Waals surface area contributed by atoms with Crippen LogP contribution in [-0.2, 0) is 0 Å². The molecule has 0 unspecified atom stereocenters. The fraction of sp³-hybridized carbons (Fsp3) is 0.250. The summed E-state index contributed by atoms with van der Waals surface area (Å²) in [4.78, 5) is 0. The number of aromatic nitrogens is 1. The summed E-state index contributed by atoms with van der Waals surface area (Å²) in [6.07, 6.45) is 0. The molecule has 8 heavy (non-hydrogen) atoms. The summed E-state index contributed by atoms with van der Waals surface area (Å²) >= 11 is 3.09. The lowest BCUT2D eigenvalue weighted by molar-refractivity contribution is 0.394. The van der Waals surface area contributed by atoms with Gasteiger partial charge < -0.3 is 10.3 Å². The molecule has 0 bridgehead atoms. The highest BCUT2D eigenvalue weighted by Crippen LogP contribution is 2.20. The number of halogens is 1. The van der Waals surface area contributed by atoms with Gasteiger partial charge >= 0.3 is 0 Å². The van der Waals surface area contributed by atoms with Gasteiger partial charge in [0.25, 0.3) is 0 Å². The Morgan fingerprint density at radius 1 is 1.75 bits per heavy atom. The molecule has 0 aliphatic carbocycles. The molecule has 3 nitrogen and oxygen atoms in total. The second-order valence-electron chi connectivity index (χ2n) is 1.44. The lowest BCUT2D eigenvalue weighted by atomic mass is 10.4. The van der Waals surface area contributed by atoms with Crippen molar-refractivity contribution in [1.29, 1.82) is 0 Å². The number of aryl methyl sites for hydroxylation is 1. The predicted molar refractivity (Wildman–Crippen MR) is 33.4 cm³/mol. The van der Waals surface area contributed by atoms with Crippen LogP contribution in [0.3, 0.4) is 0 Å². The fourth-order valence-corrected chi connectivity index (χ4v) is 0.704. The molecule has 0 amide bonds. The average Bonchev–Trinajstić information content (AvgIpc) is 1.98. The first-order chi connectivity index (χ1) is 3.72. The Morgan fingerprint density at radius 2 is 2.38 bits per heavy atom. The van der Waals surface area contributed by atoms with Gasteiger partial charge in [-0.05, 0) is 22.9 Å². The Morgan fingerprint density at radius 3 is 2.50 bits per heavy atom. The van der Waals surface area contributed by atoms with Crippen molar-refractivity contribution in [1.82, 2.24) is 5.16 Å². The second kappa shape index (κ2) is 1.78. The molecule has 1 heterocycles. The zero-order valence-electron chi connectivity index (χ0n) is 4.31. The third-order valence-corrected chi connectivity index (χ3v) is 1.44. The van der Waals surface area contributed by atoms with Gasteiger partial charge in [0.1, 0.15) is 5.69 Å². The SMILES string of the molecule is Cc1onc(Br)c1N. The molecule has 4 heteroatoms. The van der Waals surface area contributed by atoms with Crippen LogP contribution in [0.15, 0.2) is 9.13 Å². The van der Waals surface area contributed by atoms with Gasteiger partial charge in [-0.25, -0.2) is 0 Å². The summed E-state index contributed by atoms with van der Waals surface area (Å²) in [6.45, 7) is 1.76. The van der Waals surface area contributed by atoms with E-state index in [-0.39, 0.29) is 0 Å². The Balaban J connectivity index is 3.19. The summed E-state index contributed by atoms with van der Waals surface area (Å²) in [6, 6.07) is 0. The molecule has 44 valence electrons. The minimum absolute atomic E-state index is 0.574. The van der Waals surface area contributed by atoms with Crippen LogP contribution < -0.4 is 5.73 Å². The maximum absolute atomic E-state index is 5.40. The van der Waals surface area contributed by atoms with Gasteiger partial charge in [-0.15, -0.1) is 0 Å². The predicted octanol–water partition coefficient (Wildman–Crippen LogP) is 1.33. The van der Waals surface area contributed by atoms with E-state index in [4.69, 9.17) is 5.73 Å². The molecule has 2 N–H and O–H groups in total. The topological polar surface area (TPSA) is 52.0 Å². The first-order valence-corrected chi connectivity index (χ1v) is 2.88. The molecular formula is C4H5BrN2O. The smallest absolute Gasteiger partial charge is 0.172 e. The standard InChI is InChI=1S/C4H5BrN2O/c1-2-3(6)4(5)7-8-2/h6H2,1H3. The molecule has 0 saturated heterocycles. The summed E-state index contributed by atoms with van der Waals surface area (Å²) in [5.41, 5.74) is 5.97. The zero-order chi connectivity index (χ0) is 6.15. The van der Waals surface area contributed by atoms with Gasteiger partial charge in [-0.1, -0.05) is 5.16 Å². The van der Waals surface area contributed by atoms with Crippen molar-refractivity contribution in [3.05, 3.63) is 10.4 Å². The molecule has 0 aromatic carbocycles. The van der Waals surface area contributed by atoms with Crippen LogP contribution in [0.25, 0.3) is 0 Å². The van der Waals surface area contributed by atoms with Crippen LogP contribution >= 0.6 is 15.9 Å². The van der Waals surface area contributed by atoms with E-state index >= 15 is 0 Å². The van der Waals surface area contributed by atoms with E-state index in [9.17, 15) is 0 Å². The molecule has 1 aromatic heterocycles. The fourth-order valence-electron chi connectivity index (χ4n) is 0.352. The Hall–Kier alpha value is -0.510. The van der Waals surface area contributed by atoms with Crippen LogP contribution in [-0.4, -0.2) is 5.16 Å². The quantitative estimate of drug-likeness (QED) is 0.650. The number of anilines is 1. The molecule has 1 rings (SSSR count). The van der Waals surface area contributed by atoms with E-state index < -0.39 is 0 Å². The van der Waals surface area contributed by atoms with Crippen molar-refractivity contribution < 1.29 is 4.52 Å². The lowest BCUT2D eigenvalue weighted by Crippen LogP contribution is -1.83. The Labute approximate surface area is 55.0 Å². The van der Waals surface area contributed by atoms with Crippen molar-refractivity contribution in [3.8, 4) is 0 Å². The van der Waals surface area contributed by atoms with Crippen LogP contribution in [0.4, 0.5) is 5.69 Å². The largest absolute Gasteiger partial charge is 0.394 e. The average molecular weight is 177 g/mol. The van der Waals surface area contributed by atoms with Crippen molar-refractivity contribution in [2.45, 2.75) is 6.92 Å². The van der Waals surface area contributed by atoms with Crippen LogP contribution in [0.2, 0.25) is 0 Å². The third kappa shape index (κ3) is 0.709.